The molecule has 3 heterocycles. The molecular weight excluding hydrogens is 388 g/mol. The summed E-state index contributed by atoms with van der Waals surface area (Å²) in [5.41, 5.74) is 11.6. The van der Waals surface area contributed by atoms with E-state index >= 15 is 0 Å². The lowest BCUT2D eigenvalue weighted by molar-refractivity contribution is 0.213. The molecule has 0 amide bonds. The Balaban J connectivity index is 1.41. The third-order valence-electron chi connectivity index (χ3n) is 7.70. The van der Waals surface area contributed by atoms with Gasteiger partial charge in [-0.3, -0.25) is 0 Å². The number of anilines is 2. The SMILES string of the molecule is CCC1CCN(Nc2nc(NC3CCC(N)CC3)nc3c2ncn3C2CCCC2)CC1. The summed E-state index contributed by atoms with van der Waals surface area (Å²) < 4.78 is 2.29. The van der Waals surface area contributed by atoms with Crippen molar-refractivity contribution in [3.8, 4) is 0 Å². The number of hydrogen-bond donors (Lipinski definition) is 3. The highest BCUT2D eigenvalue weighted by Crippen LogP contribution is 2.33. The van der Waals surface area contributed by atoms with Gasteiger partial charge in [0.15, 0.2) is 17.0 Å². The molecule has 0 spiro atoms. The number of imidazole rings is 1. The lowest BCUT2D eigenvalue weighted by Gasteiger charge is -2.32. The number of nitrogens with zero attached hydrogens (tertiary/aromatic N) is 5. The first-order valence-electron chi connectivity index (χ1n) is 12.5. The molecule has 0 aromatic carbocycles. The number of nitrogens with two attached hydrogens (primary N) is 1. The van der Waals surface area contributed by atoms with Crippen molar-refractivity contribution >= 4 is 22.9 Å². The van der Waals surface area contributed by atoms with Crippen LogP contribution in [0.2, 0.25) is 0 Å². The molecule has 5 rings (SSSR count). The first-order chi connectivity index (χ1) is 15.2. The van der Waals surface area contributed by atoms with Crippen LogP contribution in [0.1, 0.15) is 83.6 Å². The van der Waals surface area contributed by atoms with Crippen molar-refractivity contribution in [1.29, 1.82) is 0 Å². The van der Waals surface area contributed by atoms with E-state index in [9.17, 15) is 0 Å². The van der Waals surface area contributed by atoms with E-state index in [4.69, 9.17) is 20.7 Å². The van der Waals surface area contributed by atoms with E-state index in [1.165, 1.54) is 44.9 Å². The standard InChI is InChI=1S/C23H38N8/c1-2-16-11-13-30(14-12-16)29-21-20-22(31(15-25-20)19-5-3-4-6-19)28-23(27-21)26-18-9-7-17(24)8-10-18/h15-19H,2-14,24H2,1H3,(H2,26,27,28,29). The van der Waals surface area contributed by atoms with Crippen LogP contribution in [0.4, 0.5) is 11.8 Å². The van der Waals surface area contributed by atoms with Gasteiger partial charge in [0.1, 0.15) is 0 Å². The van der Waals surface area contributed by atoms with E-state index in [2.05, 4.69) is 27.2 Å². The Morgan fingerprint density at radius 1 is 1.00 bits per heavy atom. The van der Waals surface area contributed by atoms with Crippen molar-refractivity contribution in [2.24, 2.45) is 11.7 Å². The fourth-order valence-corrected chi connectivity index (χ4v) is 5.56. The molecular formula is C23H38N8. The minimum absolute atomic E-state index is 0.341. The zero-order valence-corrected chi connectivity index (χ0v) is 18.9. The van der Waals surface area contributed by atoms with Gasteiger partial charge in [-0.15, -0.1) is 0 Å². The van der Waals surface area contributed by atoms with Crippen LogP contribution in [-0.2, 0) is 0 Å². The molecule has 4 N–H and O–H groups in total. The van der Waals surface area contributed by atoms with Gasteiger partial charge < -0.3 is 21.0 Å². The van der Waals surface area contributed by atoms with Gasteiger partial charge in [-0.2, -0.15) is 9.97 Å². The summed E-state index contributed by atoms with van der Waals surface area (Å²) in [4.78, 5) is 14.6. The molecule has 31 heavy (non-hydrogen) atoms. The Kier molecular flexibility index (Phi) is 6.27. The van der Waals surface area contributed by atoms with E-state index in [0.29, 0.717) is 18.1 Å². The highest BCUT2D eigenvalue weighted by Gasteiger charge is 2.25. The van der Waals surface area contributed by atoms with E-state index in [-0.39, 0.29) is 0 Å². The number of hydrogen-bond acceptors (Lipinski definition) is 7. The number of hydrazine groups is 1. The van der Waals surface area contributed by atoms with Crippen molar-refractivity contribution in [3.63, 3.8) is 0 Å². The average Bonchev–Trinajstić information content (AvgIpc) is 3.46. The van der Waals surface area contributed by atoms with Crippen LogP contribution in [-0.4, -0.2) is 49.7 Å². The Morgan fingerprint density at radius 3 is 2.45 bits per heavy atom. The molecule has 2 aromatic heterocycles. The molecule has 0 radical (unpaired) electrons. The summed E-state index contributed by atoms with van der Waals surface area (Å²) in [5, 5.41) is 5.93. The lowest BCUT2D eigenvalue weighted by Crippen LogP contribution is -2.38. The summed E-state index contributed by atoms with van der Waals surface area (Å²) in [7, 11) is 0. The zero-order chi connectivity index (χ0) is 21.2. The third-order valence-corrected chi connectivity index (χ3v) is 7.70. The molecule has 1 aliphatic heterocycles. The molecule has 2 aliphatic carbocycles. The smallest absolute Gasteiger partial charge is 0.227 e. The summed E-state index contributed by atoms with van der Waals surface area (Å²) in [5.74, 6) is 2.41. The Hall–Kier alpha value is -1.93. The van der Waals surface area contributed by atoms with Crippen LogP contribution >= 0.6 is 0 Å². The largest absolute Gasteiger partial charge is 0.351 e. The lowest BCUT2D eigenvalue weighted by atomic mass is 9.92. The molecule has 0 atom stereocenters. The third kappa shape index (κ3) is 4.65. The van der Waals surface area contributed by atoms with E-state index in [0.717, 1.165) is 67.6 Å². The van der Waals surface area contributed by atoms with Gasteiger partial charge in [0, 0.05) is 31.2 Å². The fourth-order valence-electron chi connectivity index (χ4n) is 5.56. The van der Waals surface area contributed by atoms with Gasteiger partial charge in [0.25, 0.3) is 0 Å². The van der Waals surface area contributed by atoms with Crippen molar-refractivity contribution in [2.75, 3.05) is 23.8 Å². The average molecular weight is 427 g/mol. The molecule has 8 heteroatoms. The number of rotatable bonds is 6. The van der Waals surface area contributed by atoms with Crippen molar-refractivity contribution < 1.29 is 0 Å². The maximum atomic E-state index is 6.10. The van der Waals surface area contributed by atoms with Crippen LogP contribution in [0, 0.1) is 5.92 Å². The molecule has 0 unspecified atom stereocenters. The summed E-state index contributed by atoms with van der Waals surface area (Å²) in [6, 6.07) is 1.25. The van der Waals surface area contributed by atoms with E-state index < -0.39 is 0 Å². The minimum Gasteiger partial charge on any atom is -0.351 e. The Labute approximate surface area is 185 Å². The van der Waals surface area contributed by atoms with Gasteiger partial charge in [-0.25, -0.2) is 9.99 Å². The van der Waals surface area contributed by atoms with Crippen LogP contribution in [0.5, 0.6) is 0 Å². The topological polar surface area (TPSA) is 96.9 Å². The van der Waals surface area contributed by atoms with Crippen LogP contribution in [0.15, 0.2) is 6.33 Å². The maximum absolute atomic E-state index is 6.10. The van der Waals surface area contributed by atoms with Crippen LogP contribution < -0.4 is 16.5 Å². The molecule has 1 saturated heterocycles. The van der Waals surface area contributed by atoms with Crippen molar-refractivity contribution in [2.45, 2.75) is 95.7 Å². The highest BCUT2D eigenvalue weighted by molar-refractivity contribution is 5.84. The second-order valence-electron chi connectivity index (χ2n) is 9.86. The Morgan fingerprint density at radius 2 is 1.74 bits per heavy atom. The van der Waals surface area contributed by atoms with Crippen LogP contribution in [0.3, 0.4) is 0 Å². The summed E-state index contributed by atoms with van der Waals surface area (Å²) >= 11 is 0. The number of piperidine rings is 1. The first-order valence-corrected chi connectivity index (χ1v) is 12.5. The maximum Gasteiger partial charge on any atom is 0.227 e. The molecule has 8 nitrogen and oxygen atoms in total. The highest BCUT2D eigenvalue weighted by atomic mass is 15.5. The molecule has 170 valence electrons. The van der Waals surface area contributed by atoms with E-state index in [1.54, 1.807) is 0 Å². The Bertz CT molecular complexity index is 858. The van der Waals surface area contributed by atoms with Gasteiger partial charge in [-0.05, 0) is 57.3 Å². The second-order valence-corrected chi connectivity index (χ2v) is 9.86. The monoisotopic (exact) mass is 426 g/mol. The molecule has 0 bridgehead atoms. The number of aromatic nitrogens is 4. The summed E-state index contributed by atoms with van der Waals surface area (Å²) in [6.45, 7) is 4.40. The van der Waals surface area contributed by atoms with Gasteiger partial charge >= 0.3 is 0 Å². The van der Waals surface area contributed by atoms with Crippen LogP contribution in [0.25, 0.3) is 11.2 Å². The normalized spacial score (nSPS) is 26.5. The van der Waals surface area contributed by atoms with Gasteiger partial charge in [0.05, 0.1) is 6.33 Å². The van der Waals surface area contributed by atoms with Gasteiger partial charge in [0.2, 0.25) is 5.95 Å². The van der Waals surface area contributed by atoms with E-state index in [1.807, 2.05) is 6.33 Å². The minimum atomic E-state index is 0.341. The predicted molar refractivity (Wildman–Crippen MR) is 125 cm³/mol. The summed E-state index contributed by atoms with van der Waals surface area (Å²) in [6.07, 6.45) is 15.0. The zero-order valence-electron chi connectivity index (χ0n) is 18.9. The molecule has 2 saturated carbocycles. The number of fused-ring (bicyclic) bond motifs is 1. The molecule has 3 aliphatic rings. The quantitative estimate of drug-likeness (QED) is 0.640. The van der Waals surface area contributed by atoms with Crippen molar-refractivity contribution in [3.05, 3.63) is 6.33 Å². The fraction of sp³-hybridized carbons (Fsp3) is 0.783. The number of nitrogens with one attached hydrogen (secondary N) is 2. The van der Waals surface area contributed by atoms with Crippen molar-refractivity contribution in [1.82, 2.24) is 24.5 Å². The molecule has 2 aromatic rings. The second kappa shape index (κ2) is 9.28. The first kappa shape index (κ1) is 20.9. The van der Waals surface area contributed by atoms with Gasteiger partial charge in [-0.1, -0.05) is 26.2 Å². The molecule has 3 fully saturated rings. The predicted octanol–water partition coefficient (Wildman–Crippen LogP) is 4.07.